The summed E-state index contributed by atoms with van der Waals surface area (Å²) in [5, 5.41) is 4.44. The van der Waals surface area contributed by atoms with Crippen molar-refractivity contribution in [2.75, 3.05) is 38.2 Å². The Morgan fingerprint density at radius 3 is 2.45 bits per heavy atom. The molecule has 0 bridgehead atoms. The van der Waals surface area contributed by atoms with Crippen molar-refractivity contribution in [3.8, 4) is 17.2 Å². The van der Waals surface area contributed by atoms with Gasteiger partial charge in [0, 0.05) is 44.0 Å². The standard InChI is InChI=1S/C27H31ClN4O5S/c1-18(2)38(34,35)31-11-9-30(10-12-31)25-17-29-32(22-6-4-5-21(28)16-22)27(33)26(25)37-24-13-19-7-8-23(36-3)14-20(19)15-24/h4-8,14,16-18,24H,9-13,15H2,1-3H3. The summed E-state index contributed by atoms with van der Waals surface area (Å²) in [6.45, 7) is 4.86. The summed E-state index contributed by atoms with van der Waals surface area (Å²) in [7, 11) is -1.72. The van der Waals surface area contributed by atoms with Crippen LogP contribution in [0.3, 0.4) is 0 Å². The monoisotopic (exact) mass is 558 g/mol. The number of aromatic nitrogens is 2. The second kappa shape index (κ2) is 10.6. The number of methoxy groups -OCH3 is 1. The minimum absolute atomic E-state index is 0.199. The number of sulfonamides is 1. The van der Waals surface area contributed by atoms with Gasteiger partial charge in [-0.2, -0.15) is 14.1 Å². The third-order valence-electron chi connectivity index (χ3n) is 7.10. The number of halogens is 1. The van der Waals surface area contributed by atoms with E-state index in [1.54, 1.807) is 51.4 Å². The zero-order chi connectivity index (χ0) is 27.0. The van der Waals surface area contributed by atoms with Crippen molar-refractivity contribution in [2.45, 2.75) is 38.0 Å². The van der Waals surface area contributed by atoms with E-state index in [4.69, 9.17) is 21.1 Å². The van der Waals surface area contributed by atoms with Gasteiger partial charge in [0.15, 0.2) is 0 Å². The molecule has 2 aliphatic rings. The molecular formula is C27H31ClN4O5S. The molecule has 0 radical (unpaired) electrons. The molecule has 1 saturated heterocycles. The van der Waals surface area contributed by atoms with Crippen molar-refractivity contribution in [3.63, 3.8) is 0 Å². The summed E-state index contributed by atoms with van der Waals surface area (Å²) in [5.41, 5.74) is 2.99. The summed E-state index contributed by atoms with van der Waals surface area (Å²) < 4.78 is 39.9. The minimum atomic E-state index is -3.35. The van der Waals surface area contributed by atoms with Crippen molar-refractivity contribution in [1.82, 2.24) is 14.1 Å². The van der Waals surface area contributed by atoms with Crippen LogP contribution in [0.15, 0.2) is 53.5 Å². The first-order valence-corrected chi connectivity index (χ1v) is 14.5. The van der Waals surface area contributed by atoms with Crippen LogP contribution in [0.5, 0.6) is 11.5 Å². The summed E-state index contributed by atoms with van der Waals surface area (Å²) in [5.74, 6) is 0.983. The highest BCUT2D eigenvalue weighted by atomic mass is 35.5. The Kier molecular flexibility index (Phi) is 7.39. The van der Waals surface area contributed by atoms with Gasteiger partial charge in [-0.3, -0.25) is 4.79 Å². The Morgan fingerprint density at radius 2 is 1.76 bits per heavy atom. The largest absolute Gasteiger partial charge is 0.497 e. The second-order valence-electron chi connectivity index (χ2n) is 9.82. The molecule has 1 atom stereocenters. The lowest BCUT2D eigenvalue weighted by atomic mass is 10.1. The number of benzene rings is 2. The molecule has 0 saturated carbocycles. The van der Waals surface area contributed by atoms with Gasteiger partial charge in [-0.25, -0.2) is 8.42 Å². The minimum Gasteiger partial charge on any atom is -0.497 e. The molecule has 0 spiro atoms. The van der Waals surface area contributed by atoms with E-state index in [0.717, 1.165) is 16.9 Å². The fourth-order valence-corrected chi connectivity index (χ4v) is 6.42. The average molecular weight is 559 g/mol. The molecule has 1 aliphatic carbocycles. The van der Waals surface area contributed by atoms with E-state index in [1.165, 1.54) is 8.99 Å². The Morgan fingerprint density at radius 1 is 1.03 bits per heavy atom. The van der Waals surface area contributed by atoms with Gasteiger partial charge in [0.05, 0.1) is 24.2 Å². The number of hydrogen-bond acceptors (Lipinski definition) is 7. The lowest BCUT2D eigenvalue weighted by Gasteiger charge is -2.36. The van der Waals surface area contributed by atoms with Crippen LogP contribution in [0.25, 0.3) is 5.69 Å². The van der Waals surface area contributed by atoms with Gasteiger partial charge in [0.1, 0.15) is 17.5 Å². The van der Waals surface area contributed by atoms with E-state index in [0.29, 0.717) is 55.4 Å². The highest BCUT2D eigenvalue weighted by Crippen LogP contribution is 2.32. The van der Waals surface area contributed by atoms with E-state index in [1.807, 2.05) is 23.1 Å². The second-order valence-corrected chi connectivity index (χ2v) is 12.7. The van der Waals surface area contributed by atoms with Gasteiger partial charge < -0.3 is 14.4 Å². The SMILES string of the molecule is COc1ccc2c(c1)CC(Oc1c(N3CCN(S(=O)(=O)C(C)C)CC3)cnn(-c3cccc(Cl)c3)c1=O)C2. The Balaban J connectivity index is 1.47. The molecule has 38 heavy (non-hydrogen) atoms. The molecule has 2 aromatic carbocycles. The lowest BCUT2D eigenvalue weighted by molar-refractivity contribution is 0.209. The van der Waals surface area contributed by atoms with E-state index < -0.39 is 20.8 Å². The quantitative estimate of drug-likeness (QED) is 0.439. The highest BCUT2D eigenvalue weighted by Gasteiger charge is 2.32. The van der Waals surface area contributed by atoms with Crippen molar-refractivity contribution < 1.29 is 17.9 Å². The summed E-state index contributed by atoms with van der Waals surface area (Å²) in [6, 6.07) is 12.9. The van der Waals surface area contributed by atoms with E-state index in [-0.39, 0.29) is 11.9 Å². The highest BCUT2D eigenvalue weighted by molar-refractivity contribution is 7.89. The Labute approximate surface area is 227 Å². The summed E-state index contributed by atoms with van der Waals surface area (Å²) >= 11 is 6.18. The molecule has 9 nitrogen and oxygen atoms in total. The first kappa shape index (κ1) is 26.5. The number of nitrogens with zero attached hydrogens (tertiary/aromatic N) is 4. The zero-order valence-corrected chi connectivity index (χ0v) is 23.2. The normalized spacial score (nSPS) is 18.0. The predicted molar refractivity (Wildman–Crippen MR) is 148 cm³/mol. The number of anilines is 1. The first-order chi connectivity index (χ1) is 18.2. The van der Waals surface area contributed by atoms with Crippen LogP contribution in [-0.4, -0.2) is 67.1 Å². The average Bonchev–Trinajstić information content (AvgIpc) is 3.31. The Bertz CT molecular complexity index is 1500. The smallest absolute Gasteiger partial charge is 0.316 e. The molecule has 1 unspecified atom stereocenters. The topological polar surface area (TPSA) is 94.0 Å². The molecule has 11 heteroatoms. The molecule has 0 N–H and O–H groups in total. The van der Waals surface area contributed by atoms with Crippen molar-refractivity contribution in [2.24, 2.45) is 0 Å². The fourth-order valence-electron chi connectivity index (χ4n) is 4.97. The molecule has 5 rings (SSSR count). The van der Waals surface area contributed by atoms with Crippen LogP contribution in [0.2, 0.25) is 5.02 Å². The van der Waals surface area contributed by atoms with Gasteiger partial charge in [0.2, 0.25) is 15.8 Å². The maximum absolute atomic E-state index is 13.8. The molecule has 1 fully saturated rings. The van der Waals surface area contributed by atoms with Crippen LogP contribution < -0.4 is 19.9 Å². The third kappa shape index (κ3) is 5.12. The van der Waals surface area contributed by atoms with Gasteiger partial charge in [0.25, 0.3) is 0 Å². The molecule has 1 aromatic heterocycles. The molecular weight excluding hydrogens is 528 g/mol. The van der Waals surface area contributed by atoms with Gasteiger partial charge >= 0.3 is 5.56 Å². The van der Waals surface area contributed by atoms with Crippen LogP contribution >= 0.6 is 11.6 Å². The van der Waals surface area contributed by atoms with E-state index >= 15 is 0 Å². The van der Waals surface area contributed by atoms with Crippen molar-refractivity contribution in [3.05, 3.63) is 75.2 Å². The maximum atomic E-state index is 13.8. The molecule has 0 amide bonds. The van der Waals surface area contributed by atoms with Crippen molar-refractivity contribution in [1.29, 1.82) is 0 Å². The van der Waals surface area contributed by atoms with Gasteiger partial charge in [-0.15, -0.1) is 0 Å². The molecule has 3 aromatic rings. The Hall–Kier alpha value is -3.08. The number of rotatable bonds is 7. The van der Waals surface area contributed by atoms with Crippen LogP contribution in [-0.2, 0) is 22.9 Å². The molecule has 1 aliphatic heterocycles. The number of fused-ring (bicyclic) bond motifs is 1. The number of ether oxygens (including phenoxy) is 2. The summed E-state index contributed by atoms with van der Waals surface area (Å²) in [4.78, 5) is 15.8. The number of hydrogen-bond donors (Lipinski definition) is 0. The van der Waals surface area contributed by atoms with Crippen LogP contribution in [0, 0.1) is 0 Å². The summed E-state index contributed by atoms with van der Waals surface area (Å²) in [6.07, 6.45) is 2.69. The van der Waals surface area contributed by atoms with Crippen molar-refractivity contribution >= 4 is 27.3 Å². The number of piperazine rings is 1. The van der Waals surface area contributed by atoms with Gasteiger partial charge in [-0.05, 0) is 55.3 Å². The third-order valence-corrected chi connectivity index (χ3v) is 9.61. The van der Waals surface area contributed by atoms with E-state index in [9.17, 15) is 13.2 Å². The lowest BCUT2D eigenvalue weighted by Crippen LogP contribution is -2.50. The van der Waals surface area contributed by atoms with E-state index in [2.05, 4.69) is 5.10 Å². The van der Waals surface area contributed by atoms with Crippen LogP contribution in [0.1, 0.15) is 25.0 Å². The fraction of sp³-hybridized carbons (Fsp3) is 0.407. The predicted octanol–water partition coefficient (Wildman–Crippen LogP) is 3.30. The first-order valence-electron chi connectivity index (χ1n) is 12.6. The maximum Gasteiger partial charge on any atom is 0.316 e. The molecule has 202 valence electrons. The zero-order valence-electron chi connectivity index (χ0n) is 21.6. The van der Waals surface area contributed by atoms with Gasteiger partial charge in [-0.1, -0.05) is 23.7 Å². The molecule has 2 heterocycles. The van der Waals surface area contributed by atoms with Crippen LogP contribution in [0.4, 0.5) is 5.69 Å².